The molecule has 6 nitrogen and oxygen atoms in total. The van der Waals surface area contributed by atoms with E-state index in [1.807, 2.05) is 0 Å². The van der Waals surface area contributed by atoms with Crippen LogP contribution in [0.1, 0.15) is 6.42 Å². The second-order valence-corrected chi connectivity index (χ2v) is 5.73. The van der Waals surface area contributed by atoms with Gasteiger partial charge in [0.05, 0.1) is 24.7 Å². The third-order valence-electron chi connectivity index (χ3n) is 2.34. The number of hydrogen-bond donors (Lipinski definition) is 2. The predicted octanol–water partition coefficient (Wildman–Crippen LogP) is -1.07. The zero-order valence-corrected chi connectivity index (χ0v) is 9.59. The summed E-state index contributed by atoms with van der Waals surface area (Å²) in [5, 5.41) is 0. The van der Waals surface area contributed by atoms with Crippen LogP contribution in [0.2, 0.25) is 0 Å². The summed E-state index contributed by atoms with van der Waals surface area (Å²) in [7, 11) is -1.30. The van der Waals surface area contributed by atoms with E-state index in [0.717, 1.165) is 0 Å². The first-order valence-corrected chi connectivity index (χ1v) is 6.61. The summed E-state index contributed by atoms with van der Waals surface area (Å²) >= 11 is 0. The number of aliphatic imine (C=N–C) groups is 1. The maximum atomic E-state index is 11.2. The first-order valence-electron chi connectivity index (χ1n) is 4.79. The number of nitrogens with one attached hydrogen (secondary N) is 1. The number of nitrogens with two attached hydrogens (primary N) is 1. The van der Waals surface area contributed by atoms with Crippen molar-refractivity contribution in [2.45, 2.75) is 6.42 Å². The first kappa shape index (κ1) is 12.4. The van der Waals surface area contributed by atoms with Gasteiger partial charge in [-0.05, 0) is 6.42 Å². The fourth-order valence-corrected chi connectivity index (χ4v) is 3.31. The van der Waals surface area contributed by atoms with Crippen molar-refractivity contribution in [1.29, 1.82) is 0 Å². The van der Waals surface area contributed by atoms with Gasteiger partial charge in [0.25, 0.3) is 0 Å². The minimum absolute atomic E-state index is 0.0862. The maximum Gasteiger partial charge on any atom is 0.151 e. The molecule has 0 spiro atoms. The minimum atomic E-state index is -2.89. The topological polar surface area (TPSA) is 93.8 Å². The fourth-order valence-electron chi connectivity index (χ4n) is 1.56. The van der Waals surface area contributed by atoms with Crippen molar-refractivity contribution in [2.75, 3.05) is 31.8 Å². The maximum absolute atomic E-state index is 11.2. The molecule has 0 radical (unpaired) electrons. The van der Waals surface area contributed by atoms with Crippen molar-refractivity contribution in [3.63, 3.8) is 0 Å². The Kier molecular flexibility index (Phi) is 4.49. The van der Waals surface area contributed by atoms with Gasteiger partial charge in [-0.2, -0.15) is 0 Å². The van der Waals surface area contributed by atoms with Gasteiger partial charge in [0, 0.05) is 13.0 Å². The lowest BCUT2D eigenvalue weighted by molar-refractivity contribution is 0.208. The molecule has 0 amide bonds. The van der Waals surface area contributed by atoms with Crippen LogP contribution in [0.3, 0.4) is 0 Å². The van der Waals surface area contributed by atoms with Gasteiger partial charge in [-0.15, -0.1) is 0 Å². The van der Waals surface area contributed by atoms with Crippen molar-refractivity contribution in [2.24, 2.45) is 16.8 Å². The van der Waals surface area contributed by atoms with Gasteiger partial charge in [0.2, 0.25) is 0 Å². The first-order chi connectivity index (χ1) is 7.09. The number of rotatable bonds is 4. The summed E-state index contributed by atoms with van der Waals surface area (Å²) in [6.07, 6.45) is 0.596. The molecule has 0 aromatic rings. The molecule has 0 aliphatic carbocycles. The molecule has 0 aromatic heterocycles. The predicted molar refractivity (Wildman–Crippen MR) is 58.3 cm³/mol. The average Bonchev–Trinajstić information content (AvgIpc) is 2.54. The molecule has 1 aliphatic heterocycles. The highest BCUT2D eigenvalue weighted by molar-refractivity contribution is 7.91. The van der Waals surface area contributed by atoms with E-state index in [1.54, 1.807) is 7.11 Å². The number of hydrazine groups is 1. The van der Waals surface area contributed by atoms with Crippen molar-refractivity contribution in [1.82, 2.24) is 5.43 Å². The third kappa shape index (κ3) is 3.77. The van der Waals surface area contributed by atoms with Crippen LogP contribution in [-0.2, 0) is 14.6 Å². The van der Waals surface area contributed by atoms with E-state index in [4.69, 9.17) is 10.6 Å². The van der Waals surface area contributed by atoms with E-state index in [9.17, 15) is 8.42 Å². The SMILES string of the molecule is COCCN=C(NN)C1CCS(=O)(=O)C1. The standard InChI is InChI=1S/C8H17N3O3S/c1-14-4-3-10-8(11-9)7-2-5-15(12,13)6-7/h7H,2-6,9H2,1H3,(H,10,11). The lowest BCUT2D eigenvalue weighted by Gasteiger charge is -2.11. The third-order valence-corrected chi connectivity index (χ3v) is 4.11. The van der Waals surface area contributed by atoms with E-state index in [1.165, 1.54) is 0 Å². The van der Waals surface area contributed by atoms with E-state index >= 15 is 0 Å². The summed E-state index contributed by atoms with van der Waals surface area (Å²) < 4.78 is 27.3. The molecular formula is C8H17N3O3S. The van der Waals surface area contributed by atoms with Crippen LogP contribution in [0, 0.1) is 5.92 Å². The van der Waals surface area contributed by atoms with Crippen molar-refractivity contribution >= 4 is 15.7 Å². The van der Waals surface area contributed by atoms with Crippen LogP contribution in [0.15, 0.2) is 4.99 Å². The van der Waals surface area contributed by atoms with E-state index in [-0.39, 0.29) is 17.4 Å². The largest absolute Gasteiger partial charge is 0.383 e. The zero-order chi connectivity index (χ0) is 11.3. The molecule has 0 saturated carbocycles. The van der Waals surface area contributed by atoms with Crippen LogP contribution < -0.4 is 11.3 Å². The summed E-state index contributed by atoms with van der Waals surface area (Å²) in [6, 6.07) is 0. The molecule has 15 heavy (non-hydrogen) atoms. The molecule has 1 atom stereocenters. The Labute approximate surface area is 89.8 Å². The van der Waals surface area contributed by atoms with Crippen LogP contribution in [-0.4, -0.2) is 46.0 Å². The Morgan fingerprint density at radius 2 is 2.40 bits per heavy atom. The molecule has 3 N–H and O–H groups in total. The highest BCUT2D eigenvalue weighted by Gasteiger charge is 2.31. The van der Waals surface area contributed by atoms with Gasteiger partial charge in [-0.1, -0.05) is 0 Å². The molecule has 1 heterocycles. The Morgan fingerprint density at radius 1 is 1.67 bits per heavy atom. The zero-order valence-electron chi connectivity index (χ0n) is 8.77. The average molecular weight is 235 g/mol. The summed E-state index contributed by atoms with van der Waals surface area (Å²) in [5.41, 5.74) is 2.47. The molecule has 1 rings (SSSR count). The number of methoxy groups -OCH3 is 1. The normalized spacial score (nSPS) is 25.5. The van der Waals surface area contributed by atoms with Crippen molar-refractivity contribution < 1.29 is 13.2 Å². The smallest absolute Gasteiger partial charge is 0.151 e. The summed E-state index contributed by atoms with van der Waals surface area (Å²) in [6.45, 7) is 0.997. The highest BCUT2D eigenvalue weighted by atomic mass is 32.2. The Balaban J connectivity index is 2.56. The Hall–Kier alpha value is -0.660. The van der Waals surface area contributed by atoms with Gasteiger partial charge < -0.3 is 10.2 Å². The summed E-state index contributed by atoms with van der Waals surface area (Å²) in [4.78, 5) is 4.17. The van der Waals surface area contributed by atoms with Crippen LogP contribution in [0.4, 0.5) is 0 Å². The molecule has 1 aliphatic rings. The lowest BCUT2D eigenvalue weighted by Crippen LogP contribution is -2.37. The van der Waals surface area contributed by atoms with E-state index in [0.29, 0.717) is 25.4 Å². The van der Waals surface area contributed by atoms with Crippen LogP contribution in [0.5, 0.6) is 0 Å². The molecular weight excluding hydrogens is 218 g/mol. The van der Waals surface area contributed by atoms with E-state index in [2.05, 4.69) is 10.4 Å². The Bertz CT molecular complexity index is 326. The van der Waals surface area contributed by atoms with Crippen LogP contribution >= 0.6 is 0 Å². The fraction of sp³-hybridized carbons (Fsp3) is 0.875. The van der Waals surface area contributed by atoms with Gasteiger partial charge in [-0.3, -0.25) is 4.99 Å². The van der Waals surface area contributed by atoms with Gasteiger partial charge >= 0.3 is 0 Å². The van der Waals surface area contributed by atoms with Gasteiger partial charge in [-0.25, -0.2) is 14.3 Å². The van der Waals surface area contributed by atoms with Crippen molar-refractivity contribution in [3.8, 4) is 0 Å². The molecule has 0 bridgehead atoms. The second kappa shape index (κ2) is 5.43. The highest BCUT2D eigenvalue weighted by Crippen LogP contribution is 2.18. The van der Waals surface area contributed by atoms with Crippen molar-refractivity contribution in [3.05, 3.63) is 0 Å². The minimum Gasteiger partial charge on any atom is -0.383 e. The molecule has 1 fully saturated rings. The molecule has 1 unspecified atom stereocenters. The molecule has 0 aromatic carbocycles. The van der Waals surface area contributed by atoms with Gasteiger partial charge in [0.15, 0.2) is 9.84 Å². The number of hydrogen-bond acceptors (Lipinski definition) is 5. The van der Waals surface area contributed by atoms with E-state index < -0.39 is 9.84 Å². The molecule has 88 valence electrons. The molecule has 1 saturated heterocycles. The number of sulfone groups is 1. The number of ether oxygens (including phenoxy) is 1. The Morgan fingerprint density at radius 3 is 2.87 bits per heavy atom. The molecule has 7 heteroatoms. The number of amidine groups is 1. The second-order valence-electron chi connectivity index (χ2n) is 3.50. The van der Waals surface area contributed by atoms with Crippen LogP contribution in [0.25, 0.3) is 0 Å². The van der Waals surface area contributed by atoms with Gasteiger partial charge in [0.1, 0.15) is 5.84 Å². The summed E-state index contributed by atoms with van der Waals surface area (Å²) in [5.74, 6) is 6.15. The number of nitrogens with zero attached hydrogens (tertiary/aromatic N) is 1. The monoisotopic (exact) mass is 235 g/mol. The lowest BCUT2D eigenvalue weighted by atomic mass is 10.1. The quantitative estimate of drug-likeness (QED) is 0.213.